The van der Waals surface area contributed by atoms with Crippen LogP contribution in [0.3, 0.4) is 0 Å². The molecule has 0 aromatic heterocycles. The van der Waals surface area contributed by atoms with E-state index in [1.165, 1.54) is 33.2 Å². The summed E-state index contributed by atoms with van der Waals surface area (Å²) in [6.07, 6.45) is 0. The zero-order chi connectivity index (χ0) is 22.6. The Morgan fingerprint density at radius 1 is 0.529 bits per heavy atom. The summed E-state index contributed by atoms with van der Waals surface area (Å²) in [7, 11) is 0. The van der Waals surface area contributed by atoms with Crippen LogP contribution in [0.15, 0.2) is 109 Å². The van der Waals surface area contributed by atoms with Crippen molar-refractivity contribution >= 4 is 23.1 Å². The lowest BCUT2D eigenvalue weighted by Crippen LogP contribution is -2.57. The van der Waals surface area contributed by atoms with Gasteiger partial charge in [-0.1, -0.05) is 84.9 Å². The van der Waals surface area contributed by atoms with Crippen LogP contribution in [0, 0.1) is 6.92 Å². The molecule has 0 unspecified atom stereocenters. The van der Waals surface area contributed by atoms with Crippen LogP contribution in [-0.2, 0) is 0 Å². The summed E-state index contributed by atoms with van der Waals surface area (Å²) in [6, 6.07) is 38.1. The molecule has 0 amide bonds. The van der Waals surface area contributed by atoms with Gasteiger partial charge in [0, 0.05) is 11.0 Å². The first-order valence-electron chi connectivity index (χ1n) is 11.6. The van der Waals surface area contributed by atoms with Crippen LogP contribution in [0.2, 0.25) is 0 Å². The number of hydrogen-bond donors (Lipinski definition) is 0. The summed E-state index contributed by atoms with van der Waals surface area (Å²) in [4.78, 5) is 0. The molecule has 5 aromatic rings. The molecule has 0 fully saturated rings. The van der Waals surface area contributed by atoms with Crippen LogP contribution in [0.5, 0.6) is 23.0 Å². The second-order valence-electron chi connectivity index (χ2n) is 8.96. The first-order chi connectivity index (χ1) is 16.8. The molecule has 0 spiro atoms. The largest absolute Gasteiger partial charge is 0.458 e. The Balaban J connectivity index is 1.50. The monoisotopic (exact) mass is 436 g/mol. The zero-order valence-electron chi connectivity index (χ0n) is 18.8. The van der Waals surface area contributed by atoms with Gasteiger partial charge in [0.25, 0.3) is 6.71 Å². The van der Waals surface area contributed by atoms with Crippen LogP contribution in [0.1, 0.15) is 5.56 Å². The quantitative estimate of drug-likeness (QED) is 0.307. The van der Waals surface area contributed by atoms with Gasteiger partial charge < -0.3 is 9.47 Å². The van der Waals surface area contributed by atoms with Crippen LogP contribution < -0.4 is 25.9 Å². The maximum absolute atomic E-state index is 6.61. The second kappa shape index (κ2) is 7.39. The molecule has 0 bridgehead atoms. The van der Waals surface area contributed by atoms with E-state index in [1.807, 2.05) is 6.07 Å². The minimum atomic E-state index is 0.0475. The molecule has 2 aliphatic heterocycles. The molecule has 0 saturated carbocycles. The van der Waals surface area contributed by atoms with Crippen molar-refractivity contribution in [2.75, 3.05) is 0 Å². The normalized spacial score (nSPS) is 12.7. The molecule has 3 heteroatoms. The zero-order valence-corrected chi connectivity index (χ0v) is 18.8. The van der Waals surface area contributed by atoms with Crippen molar-refractivity contribution in [3.05, 3.63) is 115 Å². The fourth-order valence-corrected chi connectivity index (χ4v) is 5.34. The van der Waals surface area contributed by atoms with Crippen LogP contribution >= 0.6 is 0 Å². The lowest BCUT2D eigenvalue weighted by atomic mass is 9.34. The smallest absolute Gasteiger partial charge is 0.260 e. The number of hydrogen-bond acceptors (Lipinski definition) is 2. The Morgan fingerprint density at radius 2 is 1.26 bits per heavy atom. The van der Waals surface area contributed by atoms with Crippen molar-refractivity contribution in [2.45, 2.75) is 6.92 Å². The van der Waals surface area contributed by atoms with Crippen molar-refractivity contribution in [3.63, 3.8) is 0 Å². The molecule has 2 nitrogen and oxygen atoms in total. The van der Waals surface area contributed by atoms with Crippen LogP contribution in [-0.4, -0.2) is 6.71 Å². The molecule has 0 N–H and O–H groups in total. The van der Waals surface area contributed by atoms with E-state index in [4.69, 9.17) is 9.47 Å². The molecule has 34 heavy (non-hydrogen) atoms. The van der Waals surface area contributed by atoms with Gasteiger partial charge in [0.15, 0.2) is 0 Å². The number of benzene rings is 5. The third-order valence-corrected chi connectivity index (χ3v) is 6.97. The highest BCUT2D eigenvalue weighted by molar-refractivity contribution is 6.98. The van der Waals surface area contributed by atoms with Gasteiger partial charge in [-0.05, 0) is 64.4 Å². The molecule has 0 radical (unpaired) electrons. The van der Waals surface area contributed by atoms with Gasteiger partial charge in [-0.25, -0.2) is 0 Å². The molecule has 0 saturated heterocycles. The molecule has 2 aliphatic rings. The van der Waals surface area contributed by atoms with E-state index in [9.17, 15) is 0 Å². The molecular formula is C31H21BO2. The summed E-state index contributed by atoms with van der Waals surface area (Å²) in [5, 5.41) is 0. The van der Waals surface area contributed by atoms with Gasteiger partial charge in [-0.15, -0.1) is 0 Å². The Morgan fingerprint density at radius 3 is 2.15 bits per heavy atom. The third-order valence-electron chi connectivity index (χ3n) is 6.97. The van der Waals surface area contributed by atoms with Crippen LogP contribution in [0.4, 0.5) is 0 Å². The van der Waals surface area contributed by atoms with Gasteiger partial charge in [0.1, 0.15) is 23.0 Å². The fourth-order valence-electron chi connectivity index (χ4n) is 5.34. The Kier molecular flexibility index (Phi) is 4.19. The minimum Gasteiger partial charge on any atom is -0.458 e. The van der Waals surface area contributed by atoms with Crippen molar-refractivity contribution in [3.8, 4) is 45.3 Å². The lowest BCUT2D eigenvalue weighted by molar-refractivity contribution is 0.465. The van der Waals surface area contributed by atoms with E-state index in [0.29, 0.717) is 0 Å². The minimum absolute atomic E-state index is 0.0475. The molecule has 0 aliphatic carbocycles. The van der Waals surface area contributed by atoms with E-state index in [2.05, 4.69) is 110 Å². The van der Waals surface area contributed by atoms with E-state index < -0.39 is 0 Å². The number of ether oxygens (including phenoxy) is 2. The third kappa shape index (κ3) is 2.83. The summed E-state index contributed by atoms with van der Waals surface area (Å²) in [5.41, 5.74) is 9.35. The van der Waals surface area contributed by atoms with E-state index in [1.54, 1.807) is 0 Å². The number of para-hydroxylation sites is 1. The maximum atomic E-state index is 6.61. The average molecular weight is 436 g/mol. The maximum Gasteiger partial charge on any atom is 0.260 e. The molecule has 2 heterocycles. The molecule has 160 valence electrons. The molecule has 5 aromatic carbocycles. The predicted octanol–water partition coefficient (Wildman–Crippen LogP) is 6.06. The average Bonchev–Trinajstić information content (AvgIpc) is 2.89. The highest BCUT2D eigenvalue weighted by atomic mass is 16.5. The summed E-state index contributed by atoms with van der Waals surface area (Å²) >= 11 is 0. The molecule has 7 rings (SSSR count). The highest BCUT2D eigenvalue weighted by Gasteiger charge is 2.41. The Labute approximate surface area is 199 Å². The SMILES string of the molecule is Cc1ccccc1-c1ccc2c3c1Oc1ccccc1B3c1cc(-c3ccccc3)ccc1O2. The number of aryl methyl sites for hydroxylation is 1. The van der Waals surface area contributed by atoms with Gasteiger partial charge in [0.2, 0.25) is 0 Å². The van der Waals surface area contributed by atoms with Gasteiger partial charge in [-0.3, -0.25) is 0 Å². The van der Waals surface area contributed by atoms with Crippen molar-refractivity contribution in [1.82, 2.24) is 0 Å². The van der Waals surface area contributed by atoms with Crippen molar-refractivity contribution in [1.29, 1.82) is 0 Å². The summed E-state index contributed by atoms with van der Waals surface area (Å²) < 4.78 is 13.1. The van der Waals surface area contributed by atoms with Crippen LogP contribution in [0.25, 0.3) is 22.3 Å². The standard InChI is InChI=1S/C31H21BO2/c1-20-9-5-6-12-23(20)24-16-18-29-30-31(24)34-27-14-8-7-13-25(27)32(30)26-19-22(15-17-28(26)33-29)21-10-3-2-4-11-21/h2-19H,1H3. The number of rotatable bonds is 2. The van der Waals surface area contributed by atoms with Gasteiger partial charge >= 0.3 is 0 Å². The summed E-state index contributed by atoms with van der Waals surface area (Å²) in [6.45, 7) is 2.19. The summed E-state index contributed by atoms with van der Waals surface area (Å²) in [5.74, 6) is 3.58. The lowest BCUT2D eigenvalue weighted by Gasteiger charge is -2.34. The van der Waals surface area contributed by atoms with Crippen molar-refractivity contribution < 1.29 is 9.47 Å². The Hall–Kier alpha value is -4.24. The second-order valence-corrected chi connectivity index (χ2v) is 8.96. The van der Waals surface area contributed by atoms with Crippen molar-refractivity contribution in [2.24, 2.45) is 0 Å². The Bertz CT molecular complexity index is 1570. The van der Waals surface area contributed by atoms with E-state index in [0.717, 1.165) is 34.0 Å². The first-order valence-corrected chi connectivity index (χ1v) is 11.6. The topological polar surface area (TPSA) is 18.5 Å². The van der Waals surface area contributed by atoms with Gasteiger partial charge in [-0.2, -0.15) is 0 Å². The number of fused-ring (bicyclic) bond motifs is 4. The van der Waals surface area contributed by atoms with E-state index in [-0.39, 0.29) is 6.71 Å². The van der Waals surface area contributed by atoms with Gasteiger partial charge in [0.05, 0.1) is 0 Å². The first kappa shape index (κ1) is 19.3. The van der Waals surface area contributed by atoms with E-state index >= 15 is 0 Å². The highest BCUT2D eigenvalue weighted by Crippen LogP contribution is 2.41. The molecular weight excluding hydrogens is 415 g/mol. The fraction of sp³-hybridized carbons (Fsp3) is 0.0323. The predicted molar refractivity (Wildman–Crippen MR) is 140 cm³/mol. The molecule has 0 atom stereocenters.